The summed E-state index contributed by atoms with van der Waals surface area (Å²) < 4.78 is 27.8. The third-order valence-electron chi connectivity index (χ3n) is 4.26. The lowest BCUT2D eigenvalue weighted by Gasteiger charge is -2.12. The van der Waals surface area contributed by atoms with Crippen LogP contribution in [0.15, 0.2) is 76.0 Å². The van der Waals surface area contributed by atoms with Crippen molar-refractivity contribution >= 4 is 30.2 Å². The van der Waals surface area contributed by atoms with E-state index in [9.17, 15) is 4.55 Å². The Labute approximate surface area is 180 Å². The zero-order valence-electron chi connectivity index (χ0n) is 16.4. The number of thiol groups is 1. The Balaban J connectivity index is 1.66. The molecule has 0 fully saturated rings. The Bertz CT molecular complexity index is 957. The van der Waals surface area contributed by atoms with Crippen molar-refractivity contribution in [3.05, 3.63) is 83.4 Å². The molecule has 0 radical (unpaired) electrons. The molecule has 1 atom stereocenters. The molecule has 0 spiro atoms. The highest BCUT2D eigenvalue weighted by molar-refractivity contribution is 7.90. The Morgan fingerprint density at radius 3 is 2.38 bits per heavy atom. The highest BCUT2D eigenvalue weighted by Crippen LogP contribution is 2.32. The average Bonchev–Trinajstić information content (AvgIpc) is 2.74. The van der Waals surface area contributed by atoms with Gasteiger partial charge in [-0.1, -0.05) is 28.2 Å². The van der Waals surface area contributed by atoms with Gasteiger partial charge in [-0.25, -0.2) is 0 Å². The van der Waals surface area contributed by atoms with E-state index >= 15 is 0 Å². The summed E-state index contributed by atoms with van der Waals surface area (Å²) in [6, 6.07) is 20.8. The SMILES string of the molecule is COc1cc(CCS)ccc1Oc1ccc(/C=N/[S+]([O-])c2ccc(C)cc2)cc1. The van der Waals surface area contributed by atoms with Crippen LogP contribution in [0.5, 0.6) is 17.2 Å². The van der Waals surface area contributed by atoms with Gasteiger partial charge in [0.1, 0.15) is 17.1 Å². The first-order valence-electron chi connectivity index (χ1n) is 9.17. The molecule has 0 aliphatic carbocycles. The van der Waals surface area contributed by atoms with Gasteiger partial charge in [-0.15, -0.1) is 0 Å². The fourth-order valence-electron chi connectivity index (χ4n) is 2.65. The van der Waals surface area contributed by atoms with Crippen LogP contribution < -0.4 is 9.47 Å². The lowest BCUT2D eigenvalue weighted by atomic mass is 10.1. The lowest BCUT2D eigenvalue weighted by molar-refractivity contribution is 0.378. The van der Waals surface area contributed by atoms with E-state index in [-0.39, 0.29) is 0 Å². The zero-order chi connectivity index (χ0) is 20.6. The van der Waals surface area contributed by atoms with Gasteiger partial charge in [-0.05, 0) is 78.8 Å². The molecule has 3 aromatic carbocycles. The van der Waals surface area contributed by atoms with Gasteiger partial charge < -0.3 is 14.0 Å². The smallest absolute Gasteiger partial charge is 0.182 e. The Hall–Kier alpha value is -2.41. The predicted molar refractivity (Wildman–Crippen MR) is 122 cm³/mol. The van der Waals surface area contributed by atoms with Crippen LogP contribution in [0, 0.1) is 6.92 Å². The van der Waals surface area contributed by atoms with Crippen LogP contribution in [0.3, 0.4) is 0 Å². The van der Waals surface area contributed by atoms with Crippen LogP contribution in [-0.2, 0) is 17.8 Å². The summed E-state index contributed by atoms with van der Waals surface area (Å²) >= 11 is 2.84. The molecule has 0 aliphatic heterocycles. The molecule has 0 aliphatic rings. The van der Waals surface area contributed by atoms with Crippen LogP contribution in [0.4, 0.5) is 0 Å². The van der Waals surface area contributed by atoms with E-state index in [1.165, 1.54) is 0 Å². The van der Waals surface area contributed by atoms with Gasteiger partial charge in [0.25, 0.3) is 0 Å². The molecular weight excluding hydrogens is 402 g/mol. The Morgan fingerprint density at radius 2 is 1.72 bits per heavy atom. The van der Waals surface area contributed by atoms with Crippen molar-refractivity contribution in [1.29, 1.82) is 0 Å². The molecule has 29 heavy (non-hydrogen) atoms. The summed E-state index contributed by atoms with van der Waals surface area (Å²) in [6.07, 6.45) is 2.48. The van der Waals surface area contributed by atoms with E-state index in [0.29, 0.717) is 22.1 Å². The van der Waals surface area contributed by atoms with E-state index in [1.54, 1.807) is 13.3 Å². The molecule has 0 bridgehead atoms. The minimum absolute atomic E-state index is 0.650. The van der Waals surface area contributed by atoms with Crippen molar-refractivity contribution in [2.45, 2.75) is 18.2 Å². The second-order valence-corrected chi connectivity index (χ2v) is 8.05. The summed E-state index contributed by atoms with van der Waals surface area (Å²) in [5, 5.41) is 0. The number of nitrogens with zero attached hydrogens (tertiary/aromatic N) is 1. The molecule has 4 nitrogen and oxygen atoms in total. The summed E-state index contributed by atoms with van der Waals surface area (Å²) in [6.45, 7) is 1.99. The number of methoxy groups -OCH3 is 1. The van der Waals surface area contributed by atoms with Crippen molar-refractivity contribution in [3.8, 4) is 17.2 Å². The second-order valence-electron chi connectivity index (χ2n) is 6.43. The first-order valence-corrected chi connectivity index (χ1v) is 10.9. The molecular formula is C23H23NO3S2. The molecule has 0 amide bonds. The Kier molecular flexibility index (Phi) is 7.63. The first kappa shape index (κ1) is 21.3. The normalized spacial score (nSPS) is 12.1. The van der Waals surface area contributed by atoms with Gasteiger partial charge >= 0.3 is 0 Å². The monoisotopic (exact) mass is 425 g/mol. The van der Waals surface area contributed by atoms with Gasteiger partial charge in [0.15, 0.2) is 16.4 Å². The standard InChI is InChI=1S/C23H23NO3S2/c1-17-3-10-21(11-4-17)29(25)24-16-19-5-8-20(9-6-19)27-22-12-7-18(13-14-28)15-23(22)26-2/h3-12,15-16,28H,13-14H2,1-2H3/b24-16+. The van der Waals surface area contributed by atoms with Gasteiger partial charge in [-0.3, -0.25) is 0 Å². The number of aryl methyl sites for hydroxylation is 2. The largest absolute Gasteiger partial charge is 0.586 e. The number of benzene rings is 3. The van der Waals surface area contributed by atoms with Crippen LogP contribution in [0.2, 0.25) is 0 Å². The van der Waals surface area contributed by atoms with Gasteiger partial charge in [0.05, 0.1) is 13.3 Å². The predicted octanol–water partition coefficient (Wildman–Crippen LogP) is 5.41. The fourth-order valence-corrected chi connectivity index (χ4v) is 3.62. The van der Waals surface area contributed by atoms with E-state index in [4.69, 9.17) is 9.47 Å². The maximum absolute atomic E-state index is 12.3. The lowest BCUT2D eigenvalue weighted by Crippen LogP contribution is -1.98. The van der Waals surface area contributed by atoms with Crippen LogP contribution in [0.1, 0.15) is 16.7 Å². The van der Waals surface area contributed by atoms with Gasteiger partial charge in [0.2, 0.25) is 0 Å². The molecule has 3 aromatic rings. The summed E-state index contributed by atoms with van der Waals surface area (Å²) in [4.78, 5) is 0.681. The van der Waals surface area contributed by atoms with Gasteiger partial charge in [0, 0.05) is 0 Å². The van der Waals surface area contributed by atoms with Crippen molar-refractivity contribution in [1.82, 2.24) is 0 Å². The van der Waals surface area contributed by atoms with Crippen molar-refractivity contribution in [2.24, 2.45) is 4.40 Å². The molecule has 0 saturated carbocycles. The molecule has 1 unspecified atom stereocenters. The van der Waals surface area contributed by atoms with Crippen LogP contribution in [-0.4, -0.2) is 23.6 Å². The minimum Gasteiger partial charge on any atom is -0.586 e. The third-order valence-corrected chi connectivity index (χ3v) is 5.45. The molecule has 3 rings (SSSR count). The van der Waals surface area contributed by atoms with Gasteiger partial charge in [-0.2, -0.15) is 12.6 Å². The van der Waals surface area contributed by atoms with Crippen LogP contribution in [0.25, 0.3) is 0 Å². The van der Waals surface area contributed by atoms with Crippen molar-refractivity contribution in [3.63, 3.8) is 0 Å². The summed E-state index contributed by atoms with van der Waals surface area (Å²) in [7, 11) is 1.63. The van der Waals surface area contributed by atoms with Crippen molar-refractivity contribution < 1.29 is 14.0 Å². The quantitative estimate of drug-likeness (QED) is 0.298. The number of ether oxygens (including phenoxy) is 2. The number of hydrogen-bond acceptors (Lipinski definition) is 5. The second kappa shape index (κ2) is 10.4. The van der Waals surface area contributed by atoms with E-state index in [0.717, 1.165) is 28.9 Å². The Morgan fingerprint density at radius 1 is 1.00 bits per heavy atom. The highest BCUT2D eigenvalue weighted by atomic mass is 32.2. The third kappa shape index (κ3) is 6.03. The molecule has 6 heteroatoms. The van der Waals surface area contributed by atoms with Crippen molar-refractivity contribution in [2.75, 3.05) is 12.9 Å². The zero-order valence-corrected chi connectivity index (χ0v) is 18.1. The molecule has 0 N–H and O–H groups in total. The van der Waals surface area contributed by atoms with E-state index < -0.39 is 11.4 Å². The molecule has 0 saturated heterocycles. The summed E-state index contributed by atoms with van der Waals surface area (Å²) in [5.74, 6) is 2.80. The average molecular weight is 426 g/mol. The topological polar surface area (TPSA) is 53.9 Å². The van der Waals surface area contributed by atoms with Crippen LogP contribution >= 0.6 is 12.6 Å². The highest BCUT2D eigenvalue weighted by Gasteiger charge is 2.09. The summed E-state index contributed by atoms with van der Waals surface area (Å²) in [5.41, 5.74) is 3.12. The fraction of sp³-hybridized carbons (Fsp3) is 0.174. The first-order chi connectivity index (χ1) is 14.1. The molecule has 0 heterocycles. The van der Waals surface area contributed by atoms with E-state index in [1.807, 2.05) is 73.7 Å². The maximum atomic E-state index is 12.3. The molecule has 150 valence electrons. The number of rotatable bonds is 8. The maximum Gasteiger partial charge on any atom is 0.182 e. The van der Waals surface area contributed by atoms with E-state index in [2.05, 4.69) is 17.0 Å². The number of hydrogen-bond donors (Lipinski definition) is 1. The minimum atomic E-state index is -1.42. The molecule has 0 aromatic heterocycles.